The fourth-order valence-corrected chi connectivity index (χ4v) is 6.21. The first-order valence-corrected chi connectivity index (χ1v) is 16.5. The number of benzene rings is 4. The highest BCUT2D eigenvalue weighted by molar-refractivity contribution is 7.92. The molecule has 2 aromatic heterocycles. The number of furan rings is 1. The first-order chi connectivity index (χ1) is 22.9. The number of fused-ring (bicyclic) bond motifs is 2. The summed E-state index contributed by atoms with van der Waals surface area (Å²) in [7, 11) is -0.911. The van der Waals surface area contributed by atoms with Crippen LogP contribution in [-0.2, 0) is 16.6 Å². The van der Waals surface area contributed by atoms with Crippen molar-refractivity contribution >= 4 is 43.5 Å². The number of rotatable bonds is 9. The molecule has 0 unspecified atom stereocenters. The van der Waals surface area contributed by atoms with E-state index in [1.54, 1.807) is 31.2 Å². The molecule has 48 heavy (non-hydrogen) atoms. The summed E-state index contributed by atoms with van der Waals surface area (Å²) in [5.41, 5.74) is 2.39. The lowest BCUT2D eigenvalue weighted by Crippen LogP contribution is -2.24. The Bertz CT molecular complexity index is 2400. The molecule has 6 aromatic rings. The number of anilines is 1. The number of aromatic nitrogens is 2. The summed E-state index contributed by atoms with van der Waals surface area (Å²) in [5, 5.41) is 3.22. The number of methoxy groups -OCH3 is 1. The molecule has 2 heterocycles. The Balaban J connectivity index is 1.58. The van der Waals surface area contributed by atoms with E-state index in [1.807, 2.05) is 0 Å². The minimum absolute atomic E-state index is 0.0610. The number of aryl methyl sites for hydroxylation is 1. The Morgan fingerprint density at radius 1 is 0.958 bits per heavy atom. The number of sulfonamides is 1. The lowest BCUT2D eigenvalue weighted by Gasteiger charge is -2.15. The largest absolute Gasteiger partial charge is 0.496 e. The summed E-state index contributed by atoms with van der Waals surface area (Å²) in [4.78, 5) is 31.8. The van der Waals surface area contributed by atoms with Crippen LogP contribution in [0, 0.1) is 18.6 Å². The normalized spacial score (nSPS) is 11.6. The number of carbonyl (C=O) groups is 1. The van der Waals surface area contributed by atoms with Crippen LogP contribution in [0.4, 0.5) is 14.5 Å². The molecule has 4 aromatic carbocycles. The molecule has 0 bridgehead atoms. The molecule has 0 aliphatic heterocycles. The molecule has 10 nitrogen and oxygen atoms in total. The highest BCUT2D eigenvalue weighted by Crippen LogP contribution is 2.40. The van der Waals surface area contributed by atoms with Crippen molar-refractivity contribution < 1.29 is 31.1 Å². The zero-order valence-electron chi connectivity index (χ0n) is 26.4. The van der Waals surface area contributed by atoms with Gasteiger partial charge in [0.25, 0.3) is 11.5 Å². The number of hydrogen-bond acceptors (Lipinski definition) is 7. The van der Waals surface area contributed by atoms with Gasteiger partial charge in [0.2, 0.25) is 10.0 Å². The average molecular weight is 673 g/mol. The van der Waals surface area contributed by atoms with Gasteiger partial charge in [-0.25, -0.2) is 22.2 Å². The summed E-state index contributed by atoms with van der Waals surface area (Å²) in [6.07, 6.45) is 0. The summed E-state index contributed by atoms with van der Waals surface area (Å²) >= 11 is 0. The van der Waals surface area contributed by atoms with Crippen LogP contribution in [-0.4, -0.2) is 43.8 Å². The third-order valence-corrected chi connectivity index (χ3v) is 9.36. The van der Waals surface area contributed by atoms with Crippen LogP contribution in [0.25, 0.3) is 44.3 Å². The van der Waals surface area contributed by atoms with Gasteiger partial charge in [0.15, 0.2) is 0 Å². The van der Waals surface area contributed by atoms with Gasteiger partial charge in [-0.2, -0.15) is 0 Å². The minimum Gasteiger partial charge on any atom is -0.496 e. The molecule has 2 N–H and O–H groups in total. The van der Waals surface area contributed by atoms with Crippen LogP contribution in [0.2, 0.25) is 0 Å². The lowest BCUT2D eigenvalue weighted by molar-refractivity contribution is 0.0964. The van der Waals surface area contributed by atoms with Gasteiger partial charge in [-0.15, -0.1) is 0 Å². The number of carbonyl (C=O) groups excluding carboxylic acids is 1. The van der Waals surface area contributed by atoms with E-state index in [1.165, 1.54) is 74.2 Å². The fraction of sp³-hybridized carbons (Fsp3) is 0.171. The smallest absolute Gasteiger partial charge is 0.261 e. The van der Waals surface area contributed by atoms with Crippen molar-refractivity contribution in [1.29, 1.82) is 0 Å². The molecule has 0 radical (unpaired) electrons. The molecular weight excluding hydrogens is 642 g/mol. The molecule has 0 atom stereocenters. The molecule has 1 amide bonds. The van der Waals surface area contributed by atoms with Crippen molar-refractivity contribution in [3.63, 3.8) is 0 Å². The van der Waals surface area contributed by atoms with Crippen molar-refractivity contribution in [2.45, 2.75) is 20.4 Å². The second-order valence-electron chi connectivity index (χ2n) is 11.0. The highest BCUT2D eigenvalue weighted by Gasteiger charge is 2.25. The first-order valence-electron chi connectivity index (χ1n) is 14.9. The number of hydrogen-bond donors (Lipinski definition) is 2. The zero-order valence-corrected chi connectivity index (χ0v) is 27.2. The van der Waals surface area contributed by atoms with Crippen molar-refractivity contribution in [3.8, 4) is 28.2 Å². The Kier molecular flexibility index (Phi) is 8.48. The number of nitrogens with one attached hydrogen (secondary N) is 2. The maximum absolute atomic E-state index is 13.9. The standard InChI is InChI=1S/C35H30F2N4O6S/c1-5-48(44,45)40-29-17-31-27(32(34(42)38-3)33(47-31)20-6-10-23(36)11-7-20)16-25(29)21-9-13-28-26(14-21)35(43)41(19(2)39-28)18-22-8-12-24(37)15-30(22)46-4/h6-17,40H,5,18H2,1-4H3,(H,38,42). The second kappa shape index (κ2) is 12.6. The van der Waals surface area contributed by atoms with Crippen molar-refractivity contribution in [3.05, 3.63) is 112 Å². The van der Waals surface area contributed by atoms with Crippen LogP contribution < -0.4 is 20.3 Å². The van der Waals surface area contributed by atoms with E-state index in [0.29, 0.717) is 39.0 Å². The molecule has 246 valence electrons. The highest BCUT2D eigenvalue weighted by atomic mass is 32.2. The number of amides is 1. The van der Waals surface area contributed by atoms with Gasteiger partial charge in [0.1, 0.15) is 34.6 Å². The average Bonchev–Trinajstić information content (AvgIpc) is 3.44. The first kappa shape index (κ1) is 32.4. The van der Waals surface area contributed by atoms with E-state index in [-0.39, 0.29) is 51.6 Å². The van der Waals surface area contributed by atoms with Gasteiger partial charge in [0.05, 0.1) is 41.6 Å². The van der Waals surface area contributed by atoms with E-state index in [0.717, 1.165) is 0 Å². The summed E-state index contributed by atoms with van der Waals surface area (Å²) in [5.74, 6) is -0.761. The molecule has 0 aliphatic carbocycles. The maximum atomic E-state index is 13.9. The molecule has 0 aliphatic rings. The molecule has 0 saturated carbocycles. The Hall–Kier alpha value is -5.56. The molecule has 6 rings (SSSR count). The van der Waals surface area contributed by atoms with Crippen LogP contribution in [0.15, 0.2) is 82.0 Å². The minimum atomic E-state index is -3.79. The van der Waals surface area contributed by atoms with Crippen molar-refractivity contribution in [1.82, 2.24) is 14.9 Å². The third kappa shape index (κ3) is 5.99. The van der Waals surface area contributed by atoms with Crippen molar-refractivity contribution in [2.24, 2.45) is 0 Å². The van der Waals surface area contributed by atoms with Crippen LogP contribution in [0.3, 0.4) is 0 Å². The summed E-state index contributed by atoms with van der Waals surface area (Å²) < 4.78 is 68.7. The Morgan fingerprint density at radius 3 is 2.35 bits per heavy atom. The quantitative estimate of drug-likeness (QED) is 0.186. The van der Waals surface area contributed by atoms with E-state index in [4.69, 9.17) is 9.15 Å². The van der Waals surface area contributed by atoms with E-state index >= 15 is 0 Å². The molecular formula is C35H30F2N4O6S. The van der Waals surface area contributed by atoms with Crippen molar-refractivity contribution in [2.75, 3.05) is 24.6 Å². The van der Waals surface area contributed by atoms with E-state index in [2.05, 4.69) is 15.0 Å². The second-order valence-corrected chi connectivity index (χ2v) is 13.0. The molecule has 0 saturated heterocycles. The predicted molar refractivity (Wildman–Crippen MR) is 180 cm³/mol. The van der Waals surface area contributed by atoms with Crippen LogP contribution >= 0.6 is 0 Å². The van der Waals surface area contributed by atoms with Crippen LogP contribution in [0.5, 0.6) is 5.75 Å². The van der Waals surface area contributed by atoms with Gasteiger partial charge in [-0.1, -0.05) is 12.1 Å². The lowest BCUT2D eigenvalue weighted by atomic mass is 9.97. The number of nitrogens with zero attached hydrogens (tertiary/aromatic N) is 2. The third-order valence-electron chi connectivity index (χ3n) is 8.07. The topological polar surface area (TPSA) is 133 Å². The SMILES string of the molecule is CCS(=O)(=O)Nc1cc2oc(-c3ccc(F)cc3)c(C(=O)NC)c2cc1-c1ccc2nc(C)n(Cc3ccc(F)cc3OC)c(=O)c2c1. The molecule has 0 fully saturated rings. The van der Waals surface area contributed by atoms with Gasteiger partial charge in [0, 0.05) is 41.3 Å². The van der Waals surface area contributed by atoms with E-state index in [9.17, 15) is 26.8 Å². The maximum Gasteiger partial charge on any atom is 0.261 e. The molecule has 13 heteroatoms. The van der Waals surface area contributed by atoms with Crippen LogP contribution in [0.1, 0.15) is 28.7 Å². The van der Waals surface area contributed by atoms with E-state index < -0.39 is 27.6 Å². The van der Waals surface area contributed by atoms with Gasteiger partial charge in [-0.3, -0.25) is 18.9 Å². The predicted octanol–water partition coefficient (Wildman–Crippen LogP) is 6.24. The Labute approximate surface area is 274 Å². The van der Waals surface area contributed by atoms with Gasteiger partial charge in [-0.05, 0) is 67.9 Å². The monoisotopic (exact) mass is 672 g/mol. The number of halogens is 2. The van der Waals surface area contributed by atoms with Gasteiger partial charge < -0.3 is 14.5 Å². The number of ether oxygens (including phenoxy) is 1. The zero-order chi connectivity index (χ0) is 34.3. The fourth-order valence-electron chi connectivity index (χ4n) is 5.57. The summed E-state index contributed by atoms with van der Waals surface area (Å²) in [6.45, 7) is 3.24. The Morgan fingerprint density at radius 2 is 1.67 bits per heavy atom. The molecule has 0 spiro atoms. The summed E-state index contributed by atoms with van der Waals surface area (Å²) in [6, 6.07) is 17.6. The van der Waals surface area contributed by atoms with Gasteiger partial charge >= 0.3 is 0 Å².